The van der Waals surface area contributed by atoms with Crippen molar-refractivity contribution in [2.75, 3.05) is 27.4 Å². The maximum absolute atomic E-state index is 13.7. The van der Waals surface area contributed by atoms with Crippen molar-refractivity contribution in [3.05, 3.63) is 68.6 Å². The quantitative estimate of drug-likeness (QED) is 0.445. The summed E-state index contributed by atoms with van der Waals surface area (Å²) in [5.74, 6) is 0.909. The number of nitrogens with zero attached hydrogens (tertiary/aromatic N) is 1. The lowest BCUT2D eigenvalue weighted by atomic mass is 9.97. The highest BCUT2D eigenvalue weighted by Crippen LogP contribution is 2.41. The highest BCUT2D eigenvalue weighted by molar-refractivity contribution is 5.99. The van der Waals surface area contributed by atoms with Crippen LogP contribution < -0.4 is 14.9 Å². The van der Waals surface area contributed by atoms with Crippen LogP contribution in [0, 0.1) is 13.8 Å². The molecule has 0 saturated carbocycles. The summed E-state index contributed by atoms with van der Waals surface area (Å²) in [7, 11) is 3.13. The van der Waals surface area contributed by atoms with Crippen LogP contribution in [-0.2, 0) is 4.74 Å². The third kappa shape index (κ3) is 4.16. The second-order valence-electron chi connectivity index (χ2n) is 8.90. The predicted octanol–water partition coefficient (Wildman–Crippen LogP) is 4.79. The zero-order chi connectivity index (χ0) is 24.6. The minimum atomic E-state index is -0.594. The molecule has 0 fully saturated rings. The average Bonchev–Trinajstić information content (AvgIpc) is 3.09. The Morgan fingerprint density at radius 1 is 1.00 bits per heavy atom. The van der Waals surface area contributed by atoms with Gasteiger partial charge in [-0.25, -0.2) is 0 Å². The topological polar surface area (TPSA) is 78.2 Å². The Morgan fingerprint density at radius 3 is 2.38 bits per heavy atom. The molecule has 180 valence electrons. The van der Waals surface area contributed by atoms with Gasteiger partial charge in [0, 0.05) is 13.2 Å². The number of carbonyl (C=O) groups is 1. The van der Waals surface area contributed by atoms with Crippen LogP contribution in [-0.4, -0.2) is 44.3 Å². The number of rotatable bonds is 8. The summed E-state index contributed by atoms with van der Waals surface area (Å²) in [6.07, 6.45) is 0.737. The number of carbonyl (C=O) groups excluding carboxylic acids is 1. The van der Waals surface area contributed by atoms with Crippen LogP contribution in [0.25, 0.3) is 11.0 Å². The predicted molar refractivity (Wildman–Crippen MR) is 130 cm³/mol. The normalized spacial score (nSPS) is 15.3. The van der Waals surface area contributed by atoms with Crippen molar-refractivity contribution in [3.63, 3.8) is 0 Å². The molecule has 0 aliphatic carbocycles. The number of hydrogen-bond acceptors (Lipinski definition) is 6. The molecule has 1 unspecified atom stereocenters. The summed E-state index contributed by atoms with van der Waals surface area (Å²) < 4.78 is 22.6. The summed E-state index contributed by atoms with van der Waals surface area (Å²) in [5.41, 5.74) is 3.35. The molecule has 2 aromatic carbocycles. The van der Waals surface area contributed by atoms with Crippen molar-refractivity contribution >= 4 is 16.9 Å². The highest BCUT2D eigenvalue weighted by Gasteiger charge is 2.42. The molecule has 4 rings (SSSR count). The molecule has 7 nitrogen and oxygen atoms in total. The van der Waals surface area contributed by atoms with Crippen molar-refractivity contribution in [1.82, 2.24) is 4.90 Å². The standard InChI is InChI=1S/C27H31NO6/c1-15(2)33-11-7-10-28-24(18-8-9-20(31-5)22(14-18)32-6)23-25(29)19-12-16(3)17(4)13-21(19)34-26(23)27(28)30/h8-9,12-15,24H,7,10-11H2,1-6H3. The first-order valence-electron chi connectivity index (χ1n) is 11.5. The molecule has 3 aromatic rings. The summed E-state index contributed by atoms with van der Waals surface area (Å²) in [4.78, 5) is 29.0. The van der Waals surface area contributed by atoms with Gasteiger partial charge < -0.3 is 23.5 Å². The number of hydrogen-bond donors (Lipinski definition) is 0. The number of ether oxygens (including phenoxy) is 3. The minimum absolute atomic E-state index is 0.102. The van der Waals surface area contributed by atoms with Gasteiger partial charge >= 0.3 is 0 Å². The lowest BCUT2D eigenvalue weighted by Crippen LogP contribution is -2.31. The lowest BCUT2D eigenvalue weighted by molar-refractivity contribution is 0.0593. The molecule has 0 radical (unpaired) electrons. The number of aryl methyl sites for hydroxylation is 2. The largest absolute Gasteiger partial charge is 0.493 e. The van der Waals surface area contributed by atoms with Crippen molar-refractivity contribution < 1.29 is 23.4 Å². The molecule has 1 atom stereocenters. The van der Waals surface area contributed by atoms with Crippen molar-refractivity contribution in [1.29, 1.82) is 0 Å². The number of methoxy groups -OCH3 is 2. The fraction of sp³-hybridized carbons (Fsp3) is 0.407. The minimum Gasteiger partial charge on any atom is -0.493 e. The molecule has 1 aliphatic heterocycles. The molecule has 34 heavy (non-hydrogen) atoms. The maximum Gasteiger partial charge on any atom is 0.290 e. The summed E-state index contributed by atoms with van der Waals surface area (Å²) in [6, 6.07) is 8.52. The van der Waals surface area contributed by atoms with Gasteiger partial charge in [-0.1, -0.05) is 6.07 Å². The van der Waals surface area contributed by atoms with Gasteiger partial charge in [0.05, 0.1) is 37.3 Å². The van der Waals surface area contributed by atoms with Crippen LogP contribution >= 0.6 is 0 Å². The molecule has 1 amide bonds. The maximum atomic E-state index is 13.7. The van der Waals surface area contributed by atoms with Gasteiger partial charge in [0.25, 0.3) is 5.91 Å². The van der Waals surface area contributed by atoms with Gasteiger partial charge in [-0.05, 0) is 75.1 Å². The first kappa shape index (κ1) is 23.8. The fourth-order valence-corrected chi connectivity index (χ4v) is 4.43. The molecule has 0 bridgehead atoms. The Balaban J connectivity index is 1.87. The van der Waals surface area contributed by atoms with Gasteiger partial charge in [-0.3, -0.25) is 9.59 Å². The van der Waals surface area contributed by atoms with E-state index < -0.39 is 6.04 Å². The van der Waals surface area contributed by atoms with Crippen LogP contribution in [0.1, 0.15) is 59.1 Å². The van der Waals surface area contributed by atoms with E-state index in [4.69, 9.17) is 18.6 Å². The average molecular weight is 466 g/mol. The SMILES string of the molecule is COc1ccc(C2c3c(oc4cc(C)c(C)cc4c3=O)C(=O)N2CCCOC(C)C)cc1OC. The molecule has 0 spiro atoms. The van der Waals surface area contributed by atoms with E-state index in [0.717, 1.165) is 16.7 Å². The van der Waals surface area contributed by atoms with Crippen molar-refractivity contribution in [2.24, 2.45) is 0 Å². The van der Waals surface area contributed by atoms with E-state index in [9.17, 15) is 9.59 Å². The molecule has 1 aromatic heterocycles. The first-order chi connectivity index (χ1) is 16.3. The van der Waals surface area contributed by atoms with E-state index in [1.807, 2.05) is 52.0 Å². The lowest BCUT2D eigenvalue weighted by Gasteiger charge is -2.26. The van der Waals surface area contributed by atoms with E-state index in [1.165, 1.54) is 0 Å². The van der Waals surface area contributed by atoms with E-state index in [0.29, 0.717) is 47.6 Å². The number of benzene rings is 2. The molecular formula is C27H31NO6. The summed E-state index contributed by atoms with van der Waals surface area (Å²) in [5, 5.41) is 0.477. The van der Waals surface area contributed by atoms with Crippen LogP contribution in [0.2, 0.25) is 0 Å². The van der Waals surface area contributed by atoms with E-state index in [1.54, 1.807) is 25.2 Å². The second-order valence-corrected chi connectivity index (χ2v) is 8.90. The van der Waals surface area contributed by atoms with E-state index >= 15 is 0 Å². The molecule has 7 heteroatoms. The van der Waals surface area contributed by atoms with Crippen molar-refractivity contribution in [2.45, 2.75) is 46.3 Å². The van der Waals surface area contributed by atoms with Crippen LogP contribution in [0.4, 0.5) is 0 Å². The van der Waals surface area contributed by atoms with Gasteiger partial charge in [0.2, 0.25) is 5.76 Å². The molecule has 0 saturated heterocycles. The first-order valence-corrected chi connectivity index (χ1v) is 11.5. The number of amides is 1. The van der Waals surface area contributed by atoms with E-state index in [-0.39, 0.29) is 23.2 Å². The third-order valence-corrected chi connectivity index (χ3v) is 6.30. The van der Waals surface area contributed by atoms with Gasteiger partial charge in [0.1, 0.15) is 5.58 Å². The zero-order valence-corrected chi connectivity index (χ0v) is 20.6. The second kappa shape index (κ2) is 9.50. The molecular weight excluding hydrogens is 434 g/mol. The Labute approximate surface area is 199 Å². The summed E-state index contributed by atoms with van der Waals surface area (Å²) in [6.45, 7) is 8.79. The smallest absolute Gasteiger partial charge is 0.290 e. The van der Waals surface area contributed by atoms with Crippen LogP contribution in [0.5, 0.6) is 11.5 Å². The Morgan fingerprint density at radius 2 is 1.71 bits per heavy atom. The van der Waals surface area contributed by atoms with Crippen LogP contribution in [0.15, 0.2) is 39.5 Å². The highest BCUT2D eigenvalue weighted by atomic mass is 16.5. The van der Waals surface area contributed by atoms with Crippen molar-refractivity contribution in [3.8, 4) is 11.5 Å². The van der Waals surface area contributed by atoms with Crippen LogP contribution in [0.3, 0.4) is 0 Å². The fourth-order valence-electron chi connectivity index (χ4n) is 4.43. The third-order valence-electron chi connectivity index (χ3n) is 6.30. The van der Waals surface area contributed by atoms with Gasteiger partial charge in [-0.15, -0.1) is 0 Å². The monoisotopic (exact) mass is 465 g/mol. The van der Waals surface area contributed by atoms with E-state index in [2.05, 4.69) is 0 Å². The van der Waals surface area contributed by atoms with Gasteiger partial charge in [-0.2, -0.15) is 0 Å². The Bertz CT molecular complexity index is 1290. The summed E-state index contributed by atoms with van der Waals surface area (Å²) >= 11 is 0. The number of fused-ring (bicyclic) bond motifs is 2. The molecule has 1 aliphatic rings. The Kier molecular flexibility index (Phi) is 6.66. The Hall–Kier alpha value is -3.32. The molecule has 2 heterocycles. The van der Waals surface area contributed by atoms with Gasteiger partial charge in [0.15, 0.2) is 16.9 Å². The zero-order valence-electron chi connectivity index (χ0n) is 20.6. The molecule has 0 N–H and O–H groups in total.